The number of sulfonamides is 1. The van der Waals surface area contributed by atoms with Crippen LogP contribution in [0.5, 0.6) is 0 Å². The SMILES string of the molecule is CC(C)=CCN(c1ccc(Cl)cc1CC=NN1CCCCC1)S(=O)(=O)C(F)(F)F. The van der Waals surface area contributed by atoms with Gasteiger partial charge in [-0.25, -0.2) is 0 Å². The number of halogens is 4. The minimum atomic E-state index is -5.58. The largest absolute Gasteiger partial charge is 0.516 e. The molecular formula is C19H25ClF3N3O2S. The molecule has 0 atom stereocenters. The minimum Gasteiger partial charge on any atom is -0.297 e. The van der Waals surface area contributed by atoms with Crippen LogP contribution in [0, 0.1) is 0 Å². The maximum absolute atomic E-state index is 13.3. The Kier molecular flexibility index (Phi) is 7.99. The normalized spacial score (nSPS) is 15.6. The number of benzene rings is 1. The first-order valence-electron chi connectivity index (χ1n) is 9.30. The summed E-state index contributed by atoms with van der Waals surface area (Å²) in [6.07, 6.45) is 6.41. The molecule has 0 N–H and O–H groups in total. The van der Waals surface area contributed by atoms with Crippen LogP contribution in [0.15, 0.2) is 34.9 Å². The van der Waals surface area contributed by atoms with Crippen LogP contribution < -0.4 is 4.31 Å². The zero-order valence-corrected chi connectivity index (χ0v) is 18.0. The van der Waals surface area contributed by atoms with Gasteiger partial charge in [-0.3, -0.25) is 9.31 Å². The summed E-state index contributed by atoms with van der Waals surface area (Å²) in [7, 11) is -5.58. The molecule has 162 valence electrons. The van der Waals surface area contributed by atoms with Crippen LogP contribution in [0.3, 0.4) is 0 Å². The standard InChI is InChI=1S/C19H25ClF3N3O2S/c1-15(2)9-13-26(29(27,28)19(21,22)23)18-7-6-17(20)14-16(18)8-10-24-25-11-4-3-5-12-25/h6-7,9-10,14H,3-5,8,11-13H2,1-2H3. The molecule has 1 heterocycles. The number of hydrazone groups is 1. The molecule has 0 aliphatic carbocycles. The van der Waals surface area contributed by atoms with Crippen molar-refractivity contribution >= 4 is 33.5 Å². The fraction of sp³-hybridized carbons (Fsp3) is 0.526. The van der Waals surface area contributed by atoms with Gasteiger partial charge in [-0.1, -0.05) is 23.3 Å². The summed E-state index contributed by atoms with van der Waals surface area (Å²) in [4.78, 5) is 0. The second kappa shape index (κ2) is 9.84. The third kappa shape index (κ3) is 6.37. The Balaban J connectivity index is 2.39. The highest BCUT2D eigenvalue weighted by molar-refractivity contribution is 7.93. The molecule has 0 aromatic heterocycles. The summed E-state index contributed by atoms with van der Waals surface area (Å²) in [6.45, 7) is 4.60. The third-order valence-corrected chi connectivity index (χ3v) is 6.19. The predicted molar refractivity (Wildman–Crippen MR) is 111 cm³/mol. The molecule has 1 aromatic rings. The zero-order valence-electron chi connectivity index (χ0n) is 16.4. The van der Waals surface area contributed by atoms with Gasteiger partial charge in [0, 0.05) is 30.7 Å². The van der Waals surface area contributed by atoms with E-state index in [1.54, 1.807) is 20.1 Å². The van der Waals surface area contributed by atoms with E-state index >= 15 is 0 Å². The van der Waals surface area contributed by atoms with E-state index in [1.165, 1.54) is 24.3 Å². The molecule has 0 radical (unpaired) electrons. The summed E-state index contributed by atoms with van der Waals surface area (Å²) in [5, 5.41) is 6.57. The number of alkyl halides is 3. The molecular weight excluding hydrogens is 427 g/mol. The molecule has 0 bridgehead atoms. The quantitative estimate of drug-likeness (QED) is 0.434. The molecule has 29 heavy (non-hydrogen) atoms. The van der Waals surface area contributed by atoms with Crippen LogP contribution in [0.1, 0.15) is 38.7 Å². The Labute approximate surface area is 174 Å². The summed E-state index contributed by atoms with van der Waals surface area (Å²) in [6, 6.07) is 4.15. The van der Waals surface area contributed by atoms with Crippen molar-refractivity contribution < 1.29 is 21.6 Å². The number of hydrogen-bond acceptors (Lipinski definition) is 4. The number of hydrogen-bond donors (Lipinski definition) is 0. The average molecular weight is 452 g/mol. The first-order chi connectivity index (χ1) is 13.5. The summed E-state index contributed by atoms with van der Waals surface area (Å²) < 4.78 is 64.7. The maximum Gasteiger partial charge on any atom is 0.516 e. The minimum absolute atomic E-state index is 0.0608. The van der Waals surface area contributed by atoms with Crippen LogP contribution >= 0.6 is 11.6 Å². The van der Waals surface area contributed by atoms with E-state index in [9.17, 15) is 21.6 Å². The van der Waals surface area contributed by atoms with Gasteiger partial charge in [-0.15, -0.1) is 0 Å². The van der Waals surface area contributed by atoms with E-state index < -0.39 is 22.1 Å². The fourth-order valence-corrected chi connectivity index (χ4v) is 4.08. The molecule has 0 amide bonds. The lowest BCUT2D eigenvalue weighted by Crippen LogP contribution is -2.41. The van der Waals surface area contributed by atoms with Gasteiger partial charge in [0.15, 0.2) is 0 Å². The Morgan fingerprint density at radius 3 is 2.48 bits per heavy atom. The molecule has 1 aliphatic rings. The van der Waals surface area contributed by atoms with Crippen molar-refractivity contribution in [3.8, 4) is 0 Å². The van der Waals surface area contributed by atoms with Crippen molar-refractivity contribution in [2.75, 3.05) is 23.9 Å². The van der Waals surface area contributed by atoms with Gasteiger partial charge in [0.25, 0.3) is 0 Å². The molecule has 10 heteroatoms. The van der Waals surface area contributed by atoms with Crippen molar-refractivity contribution in [3.05, 3.63) is 40.4 Å². The number of piperidine rings is 1. The van der Waals surface area contributed by atoms with Crippen LogP contribution in [0.2, 0.25) is 5.02 Å². The maximum atomic E-state index is 13.3. The number of anilines is 1. The molecule has 0 spiro atoms. The third-order valence-electron chi connectivity index (χ3n) is 4.45. The molecule has 2 rings (SSSR count). The van der Waals surface area contributed by atoms with Crippen molar-refractivity contribution in [2.45, 2.75) is 45.0 Å². The summed E-state index contributed by atoms with van der Waals surface area (Å²) >= 11 is 6.02. The van der Waals surface area contributed by atoms with E-state index in [-0.39, 0.29) is 12.1 Å². The Hall–Kier alpha value is -1.74. The van der Waals surface area contributed by atoms with Crippen molar-refractivity contribution in [1.82, 2.24) is 5.01 Å². The van der Waals surface area contributed by atoms with E-state index in [2.05, 4.69) is 5.10 Å². The zero-order chi connectivity index (χ0) is 21.7. The Morgan fingerprint density at radius 1 is 1.24 bits per heavy atom. The molecule has 0 unspecified atom stereocenters. The Bertz CT molecular complexity index is 860. The number of allylic oxidation sites excluding steroid dienone is 1. The van der Waals surface area contributed by atoms with Crippen molar-refractivity contribution in [2.24, 2.45) is 5.10 Å². The highest BCUT2D eigenvalue weighted by atomic mass is 35.5. The lowest BCUT2D eigenvalue weighted by atomic mass is 10.1. The molecule has 1 saturated heterocycles. The highest BCUT2D eigenvalue weighted by Crippen LogP contribution is 2.34. The van der Waals surface area contributed by atoms with Gasteiger partial charge in [-0.2, -0.15) is 26.7 Å². The first-order valence-corrected chi connectivity index (χ1v) is 11.1. The monoisotopic (exact) mass is 451 g/mol. The van der Waals surface area contributed by atoms with Gasteiger partial charge in [0.05, 0.1) is 12.2 Å². The smallest absolute Gasteiger partial charge is 0.297 e. The van der Waals surface area contributed by atoms with Crippen molar-refractivity contribution in [1.29, 1.82) is 0 Å². The van der Waals surface area contributed by atoms with E-state index in [0.717, 1.165) is 32.4 Å². The second-order valence-corrected chi connectivity index (χ2v) is 9.34. The van der Waals surface area contributed by atoms with E-state index in [4.69, 9.17) is 11.6 Å². The lowest BCUT2D eigenvalue weighted by molar-refractivity contribution is -0.0437. The molecule has 0 saturated carbocycles. The van der Waals surface area contributed by atoms with Gasteiger partial charge in [0.1, 0.15) is 0 Å². The predicted octanol–water partition coefficient (Wildman–Crippen LogP) is 4.98. The number of nitrogens with zero attached hydrogens (tertiary/aromatic N) is 3. The summed E-state index contributed by atoms with van der Waals surface area (Å²) in [5.74, 6) is 0. The molecule has 1 aliphatic heterocycles. The number of rotatable bonds is 7. The molecule has 5 nitrogen and oxygen atoms in total. The van der Waals surface area contributed by atoms with E-state index in [0.29, 0.717) is 20.5 Å². The Morgan fingerprint density at radius 2 is 1.90 bits per heavy atom. The van der Waals surface area contributed by atoms with Crippen LogP contribution in [0.25, 0.3) is 0 Å². The van der Waals surface area contributed by atoms with Crippen molar-refractivity contribution in [3.63, 3.8) is 0 Å². The molecule has 1 fully saturated rings. The van der Waals surface area contributed by atoms with Gasteiger partial charge in [0.2, 0.25) is 0 Å². The topological polar surface area (TPSA) is 53.0 Å². The van der Waals surface area contributed by atoms with Crippen LogP contribution in [0.4, 0.5) is 18.9 Å². The first kappa shape index (κ1) is 23.5. The lowest BCUT2D eigenvalue weighted by Gasteiger charge is -2.27. The van der Waals surface area contributed by atoms with Gasteiger partial charge < -0.3 is 0 Å². The van der Waals surface area contributed by atoms with Crippen LogP contribution in [-0.4, -0.2) is 44.8 Å². The van der Waals surface area contributed by atoms with Gasteiger partial charge in [-0.05, 0) is 56.9 Å². The van der Waals surface area contributed by atoms with E-state index in [1.807, 2.05) is 5.01 Å². The average Bonchev–Trinajstić information content (AvgIpc) is 2.63. The second-order valence-electron chi connectivity index (χ2n) is 7.05. The van der Waals surface area contributed by atoms with Crippen LogP contribution in [-0.2, 0) is 16.4 Å². The fourth-order valence-electron chi connectivity index (χ4n) is 2.92. The highest BCUT2D eigenvalue weighted by Gasteiger charge is 2.50. The summed E-state index contributed by atoms with van der Waals surface area (Å²) in [5.41, 5.74) is -4.42. The molecule has 1 aromatic carbocycles. The van der Waals surface area contributed by atoms with Gasteiger partial charge >= 0.3 is 15.5 Å².